The number of carbonyl (C=O) groups excluding carboxylic acids is 2. The van der Waals surface area contributed by atoms with E-state index in [1.165, 1.54) is 23.5 Å². The maximum atomic E-state index is 13.0. The number of carbonyl (C=O) groups is 2. The van der Waals surface area contributed by atoms with E-state index in [1.807, 2.05) is 12.1 Å². The molecule has 2 heterocycles. The molecule has 0 aliphatic carbocycles. The van der Waals surface area contributed by atoms with E-state index in [1.54, 1.807) is 12.1 Å². The fourth-order valence-corrected chi connectivity index (χ4v) is 4.47. The molecule has 0 amide bonds. The van der Waals surface area contributed by atoms with Gasteiger partial charge in [-0.05, 0) is 78.3 Å². The average molecular weight is 461 g/mol. The molecule has 0 unspecified atom stereocenters. The summed E-state index contributed by atoms with van der Waals surface area (Å²) in [6, 6.07) is 9.52. The highest BCUT2D eigenvalue weighted by molar-refractivity contribution is 9.11. The second-order valence-electron chi connectivity index (χ2n) is 6.26. The zero-order chi connectivity index (χ0) is 17.8. The number of Topliss-reactive ketones (excluding diaryl/α,β-unsaturated/α-hetero) is 2. The lowest BCUT2D eigenvalue weighted by molar-refractivity contribution is 0.0823. The number of ketones is 2. The van der Waals surface area contributed by atoms with Crippen molar-refractivity contribution in [3.8, 4) is 0 Å². The molecular formula is C19H20BrClFNO2S. The number of rotatable bonds is 6. The Morgan fingerprint density at radius 1 is 1.12 bits per heavy atom. The topological polar surface area (TPSA) is 37.4 Å². The molecule has 0 atom stereocenters. The number of halogens is 3. The lowest BCUT2D eigenvalue weighted by Crippen LogP contribution is -2.37. The van der Waals surface area contributed by atoms with Crippen LogP contribution in [0.1, 0.15) is 39.3 Å². The van der Waals surface area contributed by atoms with Gasteiger partial charge in [0.1, 0.15) is 5.82 Å². The Balaban J connectivity index is 0.00000243. The van der Waals surface area contributed by atoms with Gasteiger partial charge in [-0.3, -0.25) is 9.59 Å². The van der Waals surface area contributed by atoms with Crippen LogP contribution in [0, 0.1) is 11.7 Å². The predicted octanol–water partition coefficient (Wildman–Crippen LogP) is 5.24. The highest BCUT2D eigenvalue weighted by atomic mass is 79.9. The highest BCUT2D eigenvalue weighted by Gasteiger charge is 2.26. The van der Waals surface area contributed by atoms with Crippen molar-refractivity contribution in [3.63, 3.8) is 0 Å². The number of nitrogens with zero attached hydrogens (tertiary/aromatic N) is 1. The van der Waals surface area contributed by atoms with Crippen LogP contribution in [0.5, 0.6) is 0 Å². The minimum Gasteiger partial charge on any atom is -0.303 e. The van der Waals surface area contributed by atoms with E-state index in [4.69, 9.17) is 0 Å². The summed E-state index contributed by atoms with van der Waals surface area (Å²) >= 11 is 4.84. The summed E-state index contributed by atoms with van der Waals surface area (Å²) in [6.45, 7) is 2.36. The van der Waals surface area contributed by atoms with E-state index < -0.39 is 0 Å². The van der Waals surface area contributed by atoms with Crippen molar-refractivity contribution in [1.82, 2.24) is 4.90 Å². The quantitative estimate of drug-likeness (QED) is 0.553. The van der Waals surface area contributed by atoms with Crippen molar-refractivity contribution >= 4 is 51.2 Å². The van der Waals surface area contributed by atoms with Crippen LogP contribution in [0.15, 0.2) is 40.2 Å². The average Bonchev–Trinajstić information content (AvgIpc) is 3.07. The fourth-order valence-electron chi connectivity index (χ4n) is 3.12. The van der Waals surface area contributed by atoms with Gasteiger partial charge in [0.05, 0.1) is 8.66 Å². The number of piperidine rings is 1. The van der Waals surface area contributed by atoms with E-state index >= 15 is 0 Å². The van der Waals surface area contributed by atoms with Gasteiger partial charge in [-0.2, -0.15) is 0 Å². The molecule has 0 N–H and O–H groups in total. The van der Waals surface area contributed by atoms with Gasteiger partial charge in [0, 0.05) is 24.4 Å². The zero-order valence-corrected chi connectivity index (χ0v) is 17.3. The molecule has 1 aromatic carbocycles. The second-order valence-corrected chi connectivity index (χ2v) is 8.73. The van der Waals surface area contributed by atoms with Gasteiger partial charge >= 0.3 is 0 Å². The van der Waals surface area contributed by atoms with Crippen LogP contribution < -0.4 is 0 Å². The fraction of sp³-hybridized carbons (Fsp3) is 0.368. The molecule has 0 spiro atoms. The molecule has 3 rings (SSSR count). The standard InChI is InChI=1S/C19H19BrFNO2S.ClH/c20-18-6-5-17(25-18)16(23)9-12-22-10-7-14(8-11-22)19(24)13-1-3-15(21)4-2-13;/h1-6,14H,7-12H2;1H. The number of benzene rings is 1. The molecule has 1 aliphatic rings. The van der Waals surface area contributed by atoms with E-state index in [9.17, 15) is 14.0 Å². The summed E-state index contributed by atoms with van der Waals surface area (Å²) < 4.78 is 13.9. The molecule has 140 valence electrons. The van der Waals surface area contributed by atoms with Gasteiger partial charge in [-0.15, -0.1) is 23.7 Å². The first-order valence-corrected chi connectivity index (χ1v) is 9.94. The molecule has 7 heteroatoms. The molecular weight excluding hydrogens is 441 g/mol. The van der Waals surface area contributed by atoms with Crippen LogP contribution in [0.2, 0.25) is 0 Å². The molecule has 1 fully saturated rings. The molecule has 1 aromatic heterocycles. The zero-order valence-electron chi connectivity index (χ0n) is 14.1. The lowest BCUT2D eigenvalue weighted by Gasteiger charge is -2.31. The number of thiophene rings is 1. The van der Waals surface area contributed by atoms with Crippen LogP contribution in [-0.4, -0.2) is 36.1 Å². The summed E-state index contributed by atoms with van der Waals surface area (Å²) in [4.78, 5) is 27.7. The van der Waals surface area contributed by atoms with E-state index in [0.717, 1.165) is 41.1 Å². The van der Waals surface area contributed by atoms with Crippen LogP contribution in [0.25, 0.3) is 0 Å². The van der Waals surface area contributed by atoms with E-state index in [2.05, 4.69) is 20.8 Å². The van der Waals surface area contributed by atoms with E-state index in [-0.39, 0.29) is 35.7 Å². The summed E-state index contributed by atoms with van der Waals surface area (Å²) in [5, 5.41) is 0. The first-order valence-electron chi connectivity index (χ1n) is 8.33. The molecule has 3 nitrogen and oxygen atoms in total. The summed E-state index contributed by atoms with van der Waals surface area (Å²) in [7, 11) is 0. The summed E-state index contributed by atoms with van der Waals surface area (Å²) in [5.41, 5.74) is 0.582. The highest BCUT2D eigenvalue weighted by Crippen LogP contribution is 2.25. The lowest BCUT2D eigenvalue weighted by atomic mass is 9.89. The number of hydrogen-bond donors (Lipinski definition) is 0. The normalized spacial score (nSPS) is 15.5. The maximum absolute atomic E-state index is 13.0. The van der Waals surface area contributed by atoms with Crippen molar-refractivity contribution in [3.05, 3.63) is 56.4 Å². The van der Waals surface area contributed by atoms with Gasteiger partial charge in [-0.1, -0.05) is 0 Å². The third-order valence-corrected chi connectivity index (χ3v) is 6.25. The monoisotopic (exact) mass is 459 g/mol. The predicted molar refractivity (Wildman–Crippen MR) is 108 cm³/mol. The maximum Gasteiger partial charge on any atom is 0.174 e. The van der Waals surface area contributed by atoms with Crippen LogP contribution >= 0.6 is 39.7 Å². The largest absolute Gasteiger partial charge is 0.303 e. The molecule has 2 aromatic rings. The van der Waals surface area contributed by atoms with Gasteiger partial charge < -0.3 is 4.90 Å². The summed E-state index contributed by atoms with van der Waals surface area (Å²) in [5.74, 6) is -0.0705. The van der Waals surface area contributed by atoms with Crippen molar-refractivity contribution in [2.75, 3.05) is 19.6 Å². The Bertz CT molecular complexity index is 757. The Kier molecular flexibility index (Phi) is 7.95. The molecule has 26 heavy (non-hydrogen) atoms. The SMILES string of the molecule is Cl.O=C(CCN1CCC(C(=O)c2ccc(F)cc2)CC1)c1ccc(Br)s1. The Labute approximate surface area is 171 Å². The van der Waals surface area contributed by atoms with Gasteiger partial charge in [0.2, 0.25) is 0 Å². The Hall–Kier alpha value is -1.08. The van der Waals surface area contributed by atoms with Crippen molar-refractivity contribution < 1.29 is 14.0 Å². The van der Waals surface area contributed by atoms with Crippen LogP contribution in [0.3, 0.4) is 0 Å². The van der Waals surface area contributed by atoms with Crippen molar-refractivity contribution in [2.24, 2.45) is 5.92 Å². The molecule has 0 bridgehead atoms. The molecule has 1 aliphatic heterocycles. The molecule has 0 saturated carbocycles. The van der Waals surface area contributed by atoms with Gasteiger partial charge in [0.25, 0.3) is 0 Å². The number of likely N-dealkylation sites (tertiary alicyclic amines) is 1. The molecule has 1 saturated heterocycles. The van der Waals surface area contributed by atoms with Gasteiger partial charge in [0.15, 0.2) is 11.6 Å². The summed E-state index contributed by atoms with van der Waals surface area (Å²) in [6.07, 6.45) is 2.08. The minimum absolute atomic E-state index is 0. The smallest absolute Gasteiger partial charge is 0.174 e. The third-order valence-electron chi connectivity index (χ3n) is 4.59. The molecule has 0 radical (unpaired) electrons. The number of hydrogen-bond acceptors (Lipinski definition) is 4. The Morgan fingerprint density at radius 2 is 1.77 bits per heavy atom. The van der Waals surface area contributed by atoms with Gasteiger partial charge in [-0.25, -0.2) is 4.39 Å². The first-order chi connectivity index (χ1) is 12.0. The van der Waals surface area contributed by atoms with Crippen molar-refractivity contribution in [1.29, 1.82) is 0 Å². The second kappa shape index (κ2) is 9.74. The Morgan fingerprint density at radius 3 is 2.35 bits per heavy atom. The van der Waals surface area contributed by atoms with Crippen LogP contribution in [0.4, 0.5) is 4.39 Å². The minimum atomic E-state index is -0.325. The van der Waals surface area contributed by atoms with Crippen molar-refractivity contribution in [2.45, 2.75) is 19.3 Å². The van der Waals surface area contributed by atoms with E-state index in [0.29, 0.717) is 12.0 Å². The van der Waals surface area contributed by atoms with Crippen LogP contribution in [-0.2, 0) is 0 Å². The first kappa shape index (κ1) is 21.2. The third kappa shape index (κ3) is 5.46.